The number of ether oxygens (including phenoxy) is 6. The van der Waals surface area contributed by atoms with Gasteiger partial charge in [0.25, 0.3) is 0 Å². The van der Waals surface area contributed by atoms with Gasteiger partial charge in [-0.15, -0.1) is 0 Å². The number of rotatable bonds is 25. The van der Waals surface area contributed by atoms with E-state index in [0.717, 1.165) is 50.1 Å². The van der Waals surface area contributed by atoms with E-state index < -0.39 is 94.4 Å². The Labute approximate surface area is 524 Å². The predicted octanol–water partition coefficient (Wildman–Crippen LogP) is -3.32. The molecule has 0 heterocycles. The molecule has 16 nitrogen and oxygen atoms in total. The molecule has 3 N–H and O–H groups in total. The summed E-state index contributed by atoms with van der Waals surface area (Å²) in [6.45, 7) is 36.0. The van der Waals surface area contributed by atoms with Gasteiger partial charge in [0, 0.05) is 39.3 Å². The monoisotopic (exact) mass is 1110 g/mol. The zero-order valence-electron chi connectivity index (χ0n) is 50.3. The Bertz CT molecular complexity index is 2270. The van der Waals surface area contributed by atoms with Crippen LogP contribution < -0.4 is 118 Å². The van der Waals surface area contributed by atoms with Crippen LogP contribution in [0.4, 0.5) is 0 Å². The summed E-state index contributed by atoms with van der Waals surface area (Å²) in [6, 6.07) is 12.9. The Balaban J connectivity index is 0.0000193. The Hall–Kier alpha value is -1.81. The number of aliphatic carboxylic acids is 3. The smallest absolute Gasteiger partial charge is 0.547 e. The van der Waals surface area contributed by atoms with Gasteiger partial charge in [-0.05, 0) is 49.2 Å². The summed E-state index contributed by atoms with van der Waals surface area (Å²) >= 11 is 0. The summed E-state index contributed by atoms with van der Waals surface area (Å²) in [5, 5.41) is 63.5. The third kappa shape index (κ3) is 22.1. The van der Waals surface area contributed by atoms with Crippen molar-refractivity contribution in [3.05, 3.63) is 86.5 Å². The average Bonchev–Trinajstić information content (AvgIpc) is 3.25. The first-order chi connectivity index (χ1) is 33.8. The van der Waals surface area contributed by atoms with E-state index in [9.17, 15) is 45.2 Å². The SMILES string of the molecule is CC(C)(C)c1cc(C(c2cc(C(C)(C)C)cc(C(C)(C)C)c2OCCOCC(O)C(=O)[O-])c2cc(C(C)(C)C)cc(C(C)(C)C)c2OCCOCC(OO)C(=O)[O-])c(OCCOCC(O)C(=O)[O-])c(C(C)(C)C)c1.[Na+].[Na+].[Na+]. The molecular formula is C58H85Na3O16. The zero-order valence-corrected chi connectivity index (χ0v) is 56.3. The number of hydrogen-bond acceptors (Lipinski definition) is 16. The maximum Gasteiger partial charge on any atom is 1.00 e. The van der Waals surface area contributed by atoms with Gasteiger partial charge in [0.2, 0.25) is 0 Å². The van der Waals surface area contributed by atoms with Crippen LogP contribution in [0.2, 0.25) is 0 Å². The molecule has 0 aromatic heterocycles. The maximum absolute atomic E-state index is 11.6. The van der Waals surface area contributed by atoms with Crippen LogP contribution in [0, 0.1) is 0 Å². The van der Waals surface area contributed by atoms with Crippen molar-refractivity contribution in [3.63, 3.8) is 0 Å². The van der Waals surface area contributed by atoms with Crippen LogP contribution >= 0.6 is 0 Å². The summed E-state index contributed by atoms with van der Waals surface area (Å²) < 4.78 is 37.8. The molecule has 416 valence electrons. The molecule has 0 radical (unpaired) electrons. The Morgan fingerprint density at radius 1 is 0.416 bits per heavy atom. The van der Waals surface area contributed by atoms with Crippen LogP contribution in [0.3, 0.4) is 0 Å². The number of aliphatic hydroxyl groups is 2. The van der Waals surface area contributed by atoms with E-state index in [4.69, 9.17) is 28.4 Å². The molecule has 0 aliphatic rings. The first kappa shape index (κ1) is 75.2. The van der Waals surface area contributed by atoms with Crippen molar-refractivity contribution in [1.82, 2.24) is 0 Å². The number of aliphatic hydroxyl groups excluding tert-OH is 2. The third-order valence-corrected chi connectivity index (χ3v) is 12.5. The van der Waals surface area contributed by atoms with Crippen LogP contribution in [0.15, 0.2) is 36.4 Å². The van der Waals surface area contributed by atoms with Crippen molar-refractivity contribution >= 4 is 17.9 Å². The molecular weight excluding hydrogens is 1020 g/mol. The Morgan fingerprint density at radius 2 is 0.675 bits per heavy atom. The number of benzene rings is 3. The fraction of sp³-hybridized carbons (Fsp3) is 0.638. The maximum atomic E-state index is 11.6. The van der Waals surface area contributed by atoms with E-state index in [1.165, 1.54) is 0 Å². The van der Waals surface area contributed by atoms with E-state index in [0.29, 0.717) is 17.2 Å². The quantitative estimate of drug-likeness (QED) is 0.0247. The van der Waals surface area contributed by atoms with Crippen LogP contribution in [0.5, 0.6) is 17.2 Å². The fourth-order valence-corrected chi connectivity index (χ4v) is 8.02. The van der Waals surface area contributed by atoms with Gasteiger partial charge in [0.05, 0.1) is 57.5 Å². The number of hydrogen-bond donors (Lipinski definition) is 3. The number of carboxylic acid groups (broad SMARTS) is 3. The first-order valence-corrected chi connectivity index (χ1v) is 25.3. The first-order valence-electron chi connectivity index (χ1n) is 25.3. The number of carbonyl (C=O) groups excluding carboxylic acids is 3. The van der Waals surface area contributed by atoms with E-state index in [1.807, 2.05) is 0 Å². The van der Waals surface area contributed by atoms with Crippen molar-refractivity contribution in [3.8, 4) is 17.2 Å². The Kier molecular flexibility index (Phi) is 30.3. The molecule has 0 amide bonds. The fourth-order valence-electron chi connectivity index (χ4n) is 8.02. The molecule has 77 heavy (non-hydrogen) atoms. The van der Waals surface area contributed by atoms with Crippen LogP contribution in [0.25, 0.3) is 0 Å². The minimum Gasteiger partial charge on any atom is -0.547 e. The van der Waals surface area contributed by atoms with Crippen molar-refractivity contribution < 1.29 is 167 Å². The second kappa shape index (κ2) is 31.0. The second-order valence-electron chi connectivity index (χ2n) is 25.1. The van der Waals surface area contributed by atoms with Crippen molar-refractivity contribution in [1.29, 1.82) is 0 Å². The molecule has 0 saturated heterocycles. The van der Waals surface area contributed by atoms with Crippen molar-refractivity contribution in [2.24, 2.45) is 0 Å². The van der Waals surface area contributed by atoms with Gasteiger partial charge in [-0.2, -0.15) is 0 Å². The third-order valence-electron chi connectivity index (χ3n) is 12.5. The zero-order chi connectivity index (χ0) is 56.5. The van der Waals surface area contributed by atoms with Gasteiger partial charge >= 0.3 is 88.7 Å². The van der Waals surface area contributed by atoms with Gasteiger partial charge in [0.1, 0.15) is 49.3 Å². The number of carbonyl (C=O) groups is 3. The van der Waals surface area contributed by atoms with E-state index >= 15 is 0 Å². The Morgan fingerprint density at radius 3 is 0.883 bits per heavy atom. The summed E-state index contributed by atoms with van der Waals surface area (Å²) in [5.74, 6) is -4.20. The second-order valence-corrected chi connectivity index (χ2v) is 25.1. The summed E-state index contributed by atoms with van der Waals surface area (Å²) in [6.07, 6.45) is -5.40. The van der Waals surface area contributed by atoms with Gasteiger partial charge in [-0.25, -0.2) is 4.89 Å². The van der Waals surface area contributed by atoms with Gasteiger partial charge < -0.3 is 68.3 Å². The molecule has 19 heteroatoms. The minimum atomic E-state index is -1.84. The van der Waals surface area contributed by atoms with Gasteiger partial charge in [-0.3, -0.25) is 5.26 Å². The molecule has 3 aromatic rings. The predicted molar refractivity (Wildman–Crippen MR) is 276 cm³/mol. The van der Waals surface area contributed by atoms with Crippen LogP contribution in [-0.2, 0) is 66.0 Å². The van der Waals surface area contributed by atoms with E-state index in [-0.39, 0.29) is 128 Å². The molecule has 3 atom stereocenters. The standard InChI is InChI=1S/C58H88O16.3Na/c1-53(2,3)34-25-37(47(40(28-34)56(10,11)12)71-22-19-68-31-43(59)50(61)62)46(38-26-35(54(4,5)6)29-41(57(13,14)15)48(38)72-23-20-69-32-44(60)51(63)64)39-27-36(55(7,8)9)30-42(58(16,17)18)49(39)73-24-21-70-33-45(74-67)52(65)66;;;/h25-30,43-46,59-60,67H,19-24,31-33H2,1-18H3,(H,61,62)(H,63,64)(H,65,66);;;/q;3*+1/p-3. The van der Waals surface area contributed by atoms with Crippen LogP contribution in [0.1, 0.15) is 181 Å². The molecule has 3 aromatic carbocycles. The molecule has 0 bridgehead atoms. The average molecular weight is 1110 g/mol. The summed E-state index contributed by atoms with van der Waals surface area (Å²) in [4.78, 5) is 38.4. The van der Waals surface area contributed by atoms with Crippen LogP contribution in [-0.4, -0.2) is 111 Å². The molecule has 0 saturated carbocycles. The van der Waals surface area contributed by atoms with Gasteiger partial charge in [0.15, 0.2) is 6.10 Å². The minimum absolute atomic E-state index is 0. The van der Waals surface area contributed by atoms with Crippen molar-refractivity contribution in [2.75, 3.05) is 59.5 Å². The molecule has 3 unspecified atom stereocenters. The number of carboxylic acids is 3. The van der Waals surface area contributed by atoms with E-state index in [2.05, 4.69) is 166 Å². The molecule has 0 fully saturated rings. The largest absolute Gasteiger partial charge is 1.00 e. The van der Waals surface area contributed by atoms with Crippen molar-refractivity contribution in [2.45, 2.75) is 181 Å². The topological polar surface area (TPSA) is 246 Å². The molecule has 0 spiro atoms. The van der Waals surface area contributed by atoms with E-state index in [1.54, 1.807) is 0 Å². The molecule has 0 aliphatic carbocycles. The summed E-state index contributed by atoms with van der Waals surface area (Å²) in [7, 11) is 0. The normalized spacial score (nSPS) is 14.0. The molecule has 0 aliphatic heterocycles. The summed E-state index contributed by atoms with van der Waals surface area (Å²) in [5.41, 5.74) is 4.83. The van der Waals surface area contributed by atoms with Gasteiger partial charge in [-0.1, -0.05) is 161 Å². The molecule has 3 rings (SSSR count).